The van der Waals surface area contributed by atoms with Gasteiger partial charge >= 0.3 is 6.03 Å². The number of carbonyl (C=O) groups is 1. The third kappa shape index (κ3) is 4.02. The van der Waals surface area contributed by atoms with Crippen molar-refractivity contribution in [2.45, 2.75) is 17.4 Å². The van der Waals surface area contributed by atoms with Gasteiger partial charge in [-0.25, -0.2) is 9.18 Å². The summed E-state index contributed by atoms with van der Waals surface area (Å²) in [5.74, 6) is -0.0453. The molecule has 1 aromatic heterocycles. The van der Waals surface area contributed by atoms with Gasteiger partial charge in [0.25, 0.3) is 0 Å². The zero-order chi connectivity index (χ0) is 16.2. The molecule has 5 nitrogen and oxygen atoms in total. The number of carbonyl (C=O) groups excluding carboxylic acids is 1. The van der Waals surface area contributed by atoms with Gasteiger partial charge in [-0.1, -0.05) is 0 Å². The van der Waals surface area contributed by atoms with Crippen molar-refractivity contribution in [1.29, 1.82) is 0 Å². The molecule has 3 N–H and O–H groups in total. The van der Waals surface area contributed by atoms with E-state index in [9.17, 15) is 14.3 Å². The first-order chi connectivity index (χ1) is 10.4. The fourth-order valence-electron chi connectivity index (χ4n) is 1.84. The van der Waals surface area contributed by atoms with Crippen LogP contribution in [-0.4, -0.2) is 23.9 Å². The number of hydrogen-bond acceptors (Lipinski definition) is 4. The molecule has 2 aromatic rings. The molecule has 0 saturated heterocycles. The van der Waals surface area contributed by atoms with Crippen LogP contribution < -0.4 is 10.6 Å². The Labute approximate surface area is 131 Å². The largest absolute Gasteiger partial charge is 0.466 e. The zero-order valence-corrected chi connectivity index (χ0v) is 13.0. The number of anilines is 1. The first-order valence-corrected chi connectivity index (χ1v) is 7.79. The predicted molar refractivity (Wildman–Crippen MR) is 83.5 cm³/mol. The van der Waals surface area contributed by atoms with Gasteiger partial charge in [0, 0.05) is 10.6 Å². The van der Waals surface area contributed by atoms with Gasteiger partial charge in [-0.15, -0.1) is 11.8 Å². The second-order valence-electron chi connectivity index (χ2n) is 4.91. The molecule has 0 saturated carbocycles. The topological polar surface area (TPSA) is 74.5 Å². The smallest absolute Gasteiger partial charge is 0.319 e. The van der Waals surface area contributed by atoms with Crippen LogP contribution in [0.2, 0.25) is 0 Å². The molecule has 0 aliphatic carbocycles. The van der Waals surface area contributed by atoms with Crippen LogP contribution in [0.3, 0.4) is 0 Å². The minimum Gasteiger partial charge on any atom is -0.466 e. The summed E-state index contributed by atoms with van der Waals surface area (Å²) in [4.78, 5) is 12.3. The van der Waals surface area contributed by atoms with Gasteiger partial charge in [0.2, 0.25) is 0 Å². The highest BCUT2D eigenvalue weighted by atomic mass is 32.2. The lowest BCUT2D eigenvalue weighted by Gasteiger charge is -2.21. The van der Waals surface area contributed by atoms with Crippen molar-refractivity contribution in [2.75, 3.05) is 18.1 Å². The molecule has 0 bridgehead atoms. The number of urea groups is 1. The highest BCUT2D eigenvalue weighted by molar-refractivity contribution is 7.98. The van der Waals surface area contributed by atoms with E-state index < -0.39 is 17.4 Å². The van der Waals surface area contributed by atoms with Gasteiger partial charge < -0.3 is 20.2 Å². The van der Waals surface area contributed by atoms with E-state index in [1.165, 1.54) is 31.0 Å². The average Bonchev–Trinajstić information content (AvgIpc) is 3.00. The van der Waals surface area contributed by atoms with E-state index in [4.69, 9.17) is 4.42 Å². The van der Waals surface area contributed by atoms with Crippen LogP contribution in [0.15, 0.2) is 45.9 Å². The summed E-state index contributed by atoms with van der Waals surface area (Å²) in [5, 5.41) is 15.2. The van der Waals surface area contributed by atoms with Gasteiger partial charge in [-0.3, -0.25) is 0 Å². The summed E-state index contributed by atoms with van der Waals surface area (Å²) in [5.41, 5.74) is -0.986. The molecule has 118 valence electrons. The zero-order valence-electron chi connectivity index (χ0n) is 12.2. The van der Waals surface area contributed by atoms with E-state index in [2.05, 4.69) is 10.6 Å². The maximum Gasteiger partial charge on any atom is 0.319 e. The van der Waals surface area contributed by atoms with Crippen molar-refractivity contribution < 1.29 is 18.7 Å². The molecule has 0 aliphatic rings. The van der Waals surface area contributed by atoms with E-state index in [1.807, 2.05) is 0 Å². The van der Waals surface area contributed by atoms with Crippen LogP contribution in [0.5, 0.6) is 0 Å². The Bertz CT molecular complexity index is 644. The summed E-state index contributed by atoms with van der Waals surface area (Å²) in [6.45, 7) is 1.48. The first-order valence-electron chi connectivity index (χ1n) is 6.57. The highest BCUT2D eigenvalue weighted by Crippen LogP contribution is 2.22. The van der Waals surface area contributed by atoms with Crippen molar-refractivity contribution in [3.05, 3.63) is 48.2 Å². The Morgan fingerprint density at radius 2 is 2.23 bits per heavy atom. The summed E-state index contributed by atoms with van der Waals surface area (Å²) < 4.78 is 18.7. The normalized spacial score (nSPS) is 13.5. The van der Waals surface area contributed by atoms with Crippen molar-refractivity contribution >= 4 is 23.5 Å². The molecule has 1 heterocycles. The summed E-state index contributed by atoms with van der Waals surface area (Å²) in [7, 11) is 0. The third-order valence-electron chi connectivity index (χ3n) is 3.05. The number of nitrogens with one attached hydrogen (secondary N) is 2. The molecular formula is C15H17FN2O3S. The lowest BCUT2D eigenvalue weighted by Crippen LogP contribution is -2.40. The van der Waals surface area contributed by atoms with E-state index in [0.29, 0.717) is 16.3 Å². The van der Waals surface area contributed by atoms with E-state index in [-0.39, 0.29) is 6.54 Å². The molecule has 0 aliphatic heterocycles. The minimum absolute atomic E-state index is 0.0439. The van der Waals surface area contributed by atoms with Crippen LogP contribution in [0, 0.1) is 5.82 Å². The first kappa shape index (κ1) is 16.4. The third-order valence-corrected chi connectivity index (χ3v) is 3.83. The summed E-state index contributed by atoms with van der Waals surface area (Å²) in [6.07, 6.45) is 3.22. The molecule has 0 fully saturated rings. The minimum atomic E-state index is -1.32. The second-order valence-corrected chi connectivity index (χ2v) is 5.76. The van der Waals surface area contributed by atoms with Gasteiger partial charge in [0.1, 0.15) is 17.2 Å². The summed E-state index contributed by atoms with van der Waals surface area (Å²) >= 11 is 1.29. The van der Waals surface area contributed by atoms with E-state index in [1.54, 1.807) is 30.5 Å². The van der Waals surface area contributed by atoms with E-state index >= 15 is 0 Å². The van der Waals surface area contributed by atoms with Gasteiger partial charge in [-0.2, -0.15) is 0 Å². The molecule has 22 heavy (non-hydrogen) atoms. The number of halogens is 1. The SMILES string of the molecule is CSc1ccc(NC(=O)NCC(C)(O)c2ccco2)cc1F. The van der Waals surface area contributed by atoms with Crippen molar-refractivity contribution in [1.82, 2.24) is 5.32 Å². The standard InChI is InChI=1S/C15H17FN2O3S/c1-15(20,13-4-3-7-21-13)9-17-14(19)18-10-5-6-12(22-2)11(16)8-10/h3-8,20H,9H2,1-2H3,(H2,17,18,19). The maximum atomic E-state index is 13.6. The molecule has 7 heteroatoms. The quantitative estimate of drug-likeness (QED) is 0.739. The molecule has 1 atom stereocenters. The lowest BCUT2D eigenvalue weighted by atomic mass is 10.0. The number of furan rings is 1. The fraction of sp³-hybridized carbons (Fsp3) is 0.267. The number of rotatable bonds is 5. The van der Waals surface area contributed by atoms with Gasteiger partial charge in [0.15, 0.2) is 0 Å². The van der Waals surface area contributed by atoms with Crippen LogP contribution in [0.4, 0.5) is 14.9 Å². The van der Waals surface area contributed by atoms with Crippen LogP contribution in [0.25, 0.3) is 0 Å². The summed E-state index contributed by atoms with van der Waals surface area (Å²) in [6, 6.07) is 7.18. The second kappa shape index (κ2) is 6.85. The number of amides is 2. The Morgan fingerprint density at radius 1 is 1.45 bits per heavy atom. The van der Waals surface area contributed by atoms with Crippen LogP contribution in [0.1, 0.15) is 12.7 Å². The molecular weight excluding hydrogens is 307 g/mol. The van der Waals surface area contributed by atoms with Crippen molar-refractivity contribution in [3.8, 4) is 0 Å². The maximum absolute atomic E-state index is 13.6. The number of thioether (sulfide) groups is 1. The monoisotopic (exact) mass is 324 g/mol. The molecule has 1 aromatic carbocycles. The Morgan fingerprint density at radius 3 is 2.82 bits per heavy atom. The number of hydrogen-bond donors (Lipinski definition) is 3. The Kier molecular flexibility index (Phi) is 5.10. The molecule has 0 spiro atoms. The Hall–Kier alpha value is -1.99. The number of aliphatic hydroxyl groups is 1. The van der Waals surface area contributed by atoms with Gasteiger partial charge in [0.05, 0.1) is 12.8 Å². The molecule has 0 radical (unpaired) electrons. The molecule has 2 amide bonds. The fourth-order valence-corrected chi connectivity index (χ4v) is 2.30. The Balaban J connectivity index is 1.92. The van der Waals surface area contributed by atoms with Gasteiger partial charge in [-0.05, 0) is 43.5 Å². The molecule has 2 rings (SSSR count). The highest BCUT2D eigenvalue weighted by Gasteiger charge is 2.26. The number of benzene rings is 1. The van der Waals surface area contributed by atoms with Crippen molar-refractivity contribution in [3.63, 3.8) is 0 Å². The van der Waals surface area contributed by atoms with Crippen molar-refractivity contribution in [2.24, 2.45) is 0 Å². The van der Waals surface area contributed by atoms with E-state index in [0.717, 1.165) is 0 Å². The molecule has 1 unspecified atom stereocenters. The lowest BCUT2D eigenvalue weighted by molar-refractivity contribution is 0.0372. The predicted octanol–water partition coefficient (Wildman–Crippen LogP) is 3.17. The average molecular weight is 324 g/mol. The van der Waals surface area contributed by atoms with Crippen LogP contribution in [-0.2, 0) is 5.60 Å². The van der Waals surface area contributed by atoms with Crippen LogP contribution >= 0.6 is 11.8 Å².